The summed E-state index contributed by atoms with van der Waals surface area (Å²) in [5, 5.41) is 14.4. The van der Waals surface area contributed by atoms with E-state index in [4.69, 9.17) is 16.9 Å². The molecule has 0 amide bonds. The molecule has 3 nitrogen and oxygen atoms in total. The Morgan fingerprint density at radius 1 is 0.875 bits per heavy atom. The number of aromatic nitrogens is 2. The molecule has 2 aromatic heterocycles. The average molecular weight is 330 g/mol. The quantitative estimate of drug-likeness (QED) is 0.507. The Morgan fingerprint density at radius 2 is 1.67 bits per heavy atom. The molecule has 0 atom stereocenters. The van der Waals surface area contributed by atoms with Crippen LogP contribution in [0.4, 0.5) is 0 Å². The van der Waals surface area contributed by atoms with Crippen molar-refractivity contribution >= 4 is 17.1 Å². The average Bonchev–Trinajstić information content (AvgIpc) is 3.05. The Bertz CT molecular complexity index is 1070. The monoisotopic (exact) mass is 329 g/mol. The normalized spacial score (nSPS) is 10.7. The van der Waals surface area contributed by atoms with Gasteiger partial charge in [0.15, 0.2) is 0 Å². The lowest BCUT2D eigenvalue weighted by Gasteiger charge is -2.02. The van der Waals surface area contributed by atoms with Gasteiger partial charge in [-0.05, 0) is 53.6 Å². The SMILES string of the molecule is N#Cc1cccc(-c2ccn3nc(-c4ccc(Cl)cc4)cc3c2)c1. The molecule has 0 aliphatic carbocycles. The molecule has 0 fully saturated rings. The molecular formula is C20H12ClN3. The van der Waals surface area contributed by atoms with Crippen LogP contribution in [0.5, 0.6) is 0 Å². The standard InChI is InChI=1S/C20H12ClN3/c21-18-6-4-15(5-7-18)20-12-19-11-17(8-9-24(19)23-20)16-3-1-2-14(10-16)13-22/h1-12H. The fourth-order valence-electron chi connectivity index (χ4n) is 2.70. The number of rotatable bonds is 2. The van der Waals surface area contributed by atoms with Crippen LogP contribution in [0.25, 0.3) is 27.9 Å². The number of hydrogen-bond donors (Lipinski definition) is 0. The van der Waals surface area contributed by atoms with Crippen LogP contribution in [0.15, 0.2) is 72.9 Å². The number of hydrogen-bond acceptors (Lipinski definition) is 2. The lowest BCUT2D eigenvalue weighted by atomic mass is 10.0. The van der Waals surface area contributed by atoms with E-state index in [1.54, 1.807) is 6.07 Å². The van der Waals surface area contributed by atoms with Crippen LogP contribution in [0.1, 0.15) is 5.56 Å². The van der Waals surface area contributed by atoms with Gasteiger partial charge in [-0.25, -0.2) is 4.52 Å². The predicted molar refractivity (Wildman–Crippen MR) is 95.8 cm³/mol. The van der Waals surface area contributed by atoms with Gasteiger partial charge in [0.1, 0.15) is 0 Å². The zero-order valence-corrected chi connectivity index (χ0v) is 13.4. The summed E-state index contributed by atoms with van der Waals surface area (Å²) in [6, 6.07) is 23.5. The van der Waals surface area contributed by atoms with Gasteiger partial charge in [0.25, 0.3) is 0 Å². The summed E-state index contributed by atoms with van der Waals surface area (Å²) in [4.78, 5) is 0. The third-order valence-electron chi connectivity index (χ3n) is 3.93. The fraction of sp³-hybridized carbons (Fsp3) is 0. The molecule has 0 spiro atoms. The number of halogens is 1. The molecule has 24 heavy (non-hydrogen) atoms. The Labute approximate surface area is 144 Å². The van der Waals surface area contributed by atoms with Gasteiger partial charge in [-0.3, -0.25) is 0 Å². The minimum Gasteiger partial charge on any atom is -0.240 e. The highest BCUT2D eigenvalue weighted by atomic mass is 35.5. The van der Waals surface area contributed by atoms with E-state index in [-0.39, 0.29) is 0 Å². The maximum atomic E-state index is 9.06. The van der Waals surface area contributed by atoms with Crippen LogP contribution in [0.3, 0.4) is 0 Å². The Morgan fingerprint density at radius 3 is 2.46 bits per heavy atom. The molecule has 4 aromatic rings. The first-order chi connectivity index (χ1) is 11.7. The number of pyridine rings is 1. The molecule has 114 valence electrons. The van der Waals surface area contributed by atoms with E-state index in [1.807, 2.05) is 65.3 Å². The van der Waals surface area contributed by atoms with Crippen molar-refractivity contribution in [2.24, 2.45) is 0 Å². The number of nitrogens with zero attached hydrogens (tertiary/aromatic N) is 3. The smallest absolute Gasteiger partial charge is 0.0991 e. The van der Waals surface area contributed by atoms with Gasteiger partial charge in [0, 0.05) is 16.8 Å². The van der Waals surface area contributed by atoms with Crippen LogP contribution < -0.4 is 0 Å². The van der Waals surface area contributed by atoms with Gasteiger partial charge >= 0.3 is 0 Å². The Balaban J connectivity index is 1.78. The zero-order valence-electron chi connectivity index (χ0n) is 12.6. The van der Waals surface area contributed by atoms with Gasteiger partial charge < -0.3 is 0 Å². The van der Waals surface area contributed by atoms with Gasteiger partial charge in [-0.2, -0.15) is 10.4 Å². The van der Waals surface area contributed by atoms with Crippen LogP contribution in [-0.2, 0) is 0 Å². The maximum absolute atomic E-state index is 9.06. The first kappa shape index (κ1) is 14.5. The van der Waals surface area contributed by atoms with Crippen molar-refractivity contribution in [1.82, 2.24) is 9.61 Å². The summed E-state index contributed by atoms with van der Waals surface area (Å²) in [5.41, 5.74) is 5.65. The minimum absolute atomic E-state index is 0.655. The van der Waals surface area contributed by atoms with Crippen molar-refractivity contribution in [3.8, 4) is 28.5 Å². The topological polar surface area (TPSA) is 41.1 Å². The van der Waals surface area contributed by atoms with Crippen LogP contribution in [0.2, 0.25) is 5.02 Å². The molecule has 0 saturated carbocycles. The number of nitriles is 1. The molecule has 2 heterocycles. The summed E-state index contributed by atoms with van der Waals surface area (Å²) in [5.74, 6) is 0. The summed E-state index contributed by atoms with van der Waals surface area (Å²) >= 11 is 5.94. The van der Waals surface area contributed by atoms with Gasteiger partial charge in [0.05, 0.1) is 22.8 Å². The van der Waals surface area contributed by atoms with E-state index in [1.165, 1.54) is 0 Å². The molecule has 4 rings (SSSR count). The summed E-state index contributed by atoms with van der Waals surface area (Å²) in [6.07, 6.45) is 1.93. The van der Waals surface area contributed by atoms with Crippen LogP contribution in [0, 0.1) is 11.3 Å². The van der Waals surface area contributed by atoms with E-state index < -0.39 is 0 Å². The van der Waals surface area contributed by atoms with Gasteiger partial charge in [0.2, 0.25) is 0 Å². The molecule has 0 aliphatic heterocycles. The first-order valence-electron chi connectivity index (χ1n) is 7.49. The van der Waals surface area contributed by atoms with E-state index in [9.17, 15) is 0 Å². The highest BCUT2D eigenvalue weighted by Crippen LogP contribution is 2.25. The van der Waals surface area contributed by atoms with Crippen LogP contribution in [-0.4, -0.2) is 9.61 Å². The van der Waals surface area contributed by atoms with Crippen molar-refractivity contribution in [3.63, 3.8) is 0 Å². The second kappa shape index (κ2) is 5.84. The molecule has 4 heteroatoms. The van der Waals surface area contributed by atoms with Crippen molar-refractivity contribution in [3.05, 3.63) is 83.5 Å². The van der Waals surface area contributed by atoms with E-state index >= 15 is 0 Å². The van der Waals surface area contributed by atoms with Gasteiger partial charge in [-0.15, -0.1) is 0 Å². The summed E-state index contributed by atoms with van der Waals surface area (Å²) in [7, 11) is 0. The zero-order chi connectivity index (χ0) is 16.5. The Hall–Kier alpha value is -3.09. The molecule has 0 bridgehead atoms. The van der Waals surface area contributed by atoms with Crippen molar-refractivity contribution in [2.75, 3.05) is 0 Å². The molecule has 0 aliphatic rings. The van der Waals surface area contributed by atoms with Gasteiger partial charge in [-0.1, -0.05) is 35.9 Å². The second-order valence-electron chi connectivity index (χ2n) is 5.51. The highest BCUT2D eigenvalue weighted by molar-refractivity contribution is 6.30. The van der Waals surface area contributed by atoms with Crippen molar-refractivity contribution < 1.29 is 0 Å². The van der Waals surface area contributed by atoms with Crippen molar-refractivity contribution in [1.29, 1.82) is 5.26 Å². The fourth-order valence-corrected chi connectivity index (χ4v) is 2.83. The largest absolute Gasteiger partial charge is 0.240 e. The van der Waals surface area contributed by atoms with Crippen LogP contribution >= 0.6 is 11.6 Å². The molecule has 0 N–H and O–H groups in total. The second-order valence-corrected chi connectivity index (χ2v) is 5.95. The lowest BCUT2D eigenvalue weighted by molar-refractivity contribution is 0.966. The maximum Gasteiger partial charge on any atom is 0.0991 e. The lowest BCUT2D eigenvalue weighted by Crippen LogP contribution is -1.88. The number of fused-ring (bicyclic) bond motifs is 1. The van der Waals surface area contributed by atoms with Crippen molar-refractivity contribution in [2.45, 2.75) is 0 Å². The third kappa shape index (κ3) is 2.64. The minimum atomic E-state index is 0.655. The number of benzene rings is 2. The third-order valence-corrected chi connectivity index (χ3v) is 4.18. The molecule has 0 unspecified atom stereocenters. The van der Waals surface area contributed by atoms with E-state index in [0.29, 0.717) is 10.6 Å². The highest BCUT2D eigenvalue weighted by Gasteiger charge is 2.06. The Kier molecular flexibility index (Phi) is 3.53. The molecule has 2 aromatic carbocycles. The molecule has 0 saturated heterocycles. The van der Waals surface area contributed by atoms with E-state index in [0.717, 1.165) is 27.9 Å². The van der Waals surface area contributed by atoms with E-state index in [2.05, 4.69) is 17.2 Å². The molecule has 0 radical (unpaired) electrons. The first-order valence-corrected chi connectivity index (χ1v) is 7.87. The summed E-state index contributed by atoms with van der Waals surface area (Å²) < 4.78 is 1.85. The predicted octanol–water partition coefficient (Wildman–Crippen LogP) is 5.19. The molecular weight excluding hydrogens is 318 g/mol. The summed E-state index contributed by atoms with van der Waals surface area (Å²) in [6.45, 7) is 0.